The Labute approximate surface area is 116 Å². The van der Waals surface area contributed by atoms with Gasteiger partial charge in [0, 0.05) is 11.3 Å². The Kier molecular flexibility index (Phi) is 3.71. The monoisotopic (exact) mass is 279 g/mol. The average Bonchev–Trinajstić information content (AvgIpc) is 2.31. The van der Waals surface area contributed by atoms with Crippen LogP contribution in [0.1, 0.15) is 31.0 Å². The van der Waals surface area contributed by atoms with Crippen LogP contribution in [0.5, 0.6) is 0 Å². The lowest BCUT2D eigenvalue weighted by Crippen LogP contribution is -2.07. The summed E-state index contributed by atoms with van der Waals surface area (Å²) in [5.41, 5.74) is 7.86. The van der Waals surface area contributed by atoms with Crippen LogP contribution in [-0.2, 0) is 0 Å². The van der Waals surface area contributed by atoms with E-state index in [1.54, 1.807) is 12.1 Å². The molecule has 1 heterocycles. The molecule has 19 heavy (non-hydrogen) atoms. The molecule has 0 saturated carbocycles. The minimum absolute atomic E-state index is 0.0465. The zero-order valence-electron chi connectivity index (χ0n) is 11.0. The number of rotatable bonds is 2. The fourth-order valence-electron chi connectivity index (χ4n) is 2.11. The maximum absolute atomic E-state index is 14.0. The van der Waals surface area contributed by atoms with Gasteiger partial charge in [0.15, 0.2) is 11.6 Å². The molecular formula is C14H15ClFN3. The second-order valence-electron chi connectivity index (χ2n) is 4.69. The first kappa shape index (κ1) is 13.7. The number of benzene rings is 1. The van der Waals surface area contributed by atoms with E-state index in [0.717, 1.165) is 11.3 Å². The van der Waals surface area contributed by atoms with Crippen LogP contribution in [0, 0.1) is 12.7 Å². The van der Waals surface area contributed by atoms with Gasteiger partial charge in [-0.3, -0.25) is 0 Å². The highest BCUT2D eigenvalue weighted by atomic mass is 35.5. The van der Waals surface area contributed by atoms with Gasteiger partial charge in [0.2, 0.25) is 0 Å². The summed E-state index contributed by atoms with van der Waals surface area (Å²) in [6.07, 6.45) is 0. The zero-order valence-corrected chi connectivity index (χ0v) is 11.8. The number of nitrogen functional groups attached to an aromatic ring is 1. The first-order valence-electron chi connectivity index (χ1n) is 6.00. The van der Waals surface area contributed by atoms with Gasteiger partial charge in [0.05, 0.1) is 10.6 Å². The SMILES string of the molecule is Cc1nc(-c2cccc(Cl)c2F)nc(N)c1C(C)C. The van der Waals surface area contributed by atoms with Crippen LogP contribution in [0.15, 0.2) is 18.2 Å². The van der Waals surface area contributed by atoms with Crippen LogP contribution >= 0.6 is 11.6 Å². The van der Waals surface area contributed by atoms with Crippen LogP contribution in [-0.4, -0.2) is 9.97 Å². The number of hydrogen-bond acceptors (Lipinski definition) is 3. The average molecular weight is 280 g/mol. The Hall–Kier alpha value is -1.68. The van der Waals surface area contributed by atoms with Crippen molar-refractivity contribution >= 4 is 17.4 Å². The second-order valence-corrected chi connectivity index (χ2v) is 5.09. The van der Waals surface area contributed by atoms with Crippen LogP contribution < -0.4 is 5.73 Å². The summed E-state index contributed by atoms with van der Waals surface area (Å²) in [7, 11) is 0. The van der Waals surface area contributed by atoms with Crippen molar-refractivity contribution in [2.75, 3.05) is 5.73 Å². The molecule has 0 aliphatic heterocycles. The van der Waals surface area contributed by atoms with E-state index < -0.39 is 5.82 Å². The van der Waals surface area contributed by atoms with Gasteiger partial charge in [-0.15, -0.1) is 0 Å². The maximum atomic E-state index is 14.0. The fraction of sp³-hybridized carbons (Fsp3) is 0.286. The summed E-state index contributed by atoms with van der Waals surface area (Å²) in [5, 5.41) is 0.0465. The van der Waals surface area contributed by atoms with E-state index in [0.29, 0.717) is 5.82 Å². The van der Waals surface area contributed by atoms with E-state index in [9.17, 15) is 4.39 Å². The quantitative estimate of drug-likeness (QED) is 0.905. The summed E-state index contributed by atoms with van der Waals surface area (Å²) in [6, 6.07) is 4.73. The Morgan fingerprint density at radius 3 is 2.53 bits per heavy atom. The molecule has 0 aliphatic rings. The number of aryl methyl sites for hydroxylation is 1. The van der Waals surface area contributed by atoms with Gasteiger partial charge in [0.1, 0.15) is 5.82 Å². The van der Waals surface area contributed by atoms with Crippen molar-refractivity contribution in [1.29, 1.82) is 0 Å². The van der Waals surface area contributed by atoms with Crippen LogP contribution in [0.4, 0.5) is 10.2 Å². The third-order valence-electron chi connectivity index (χ3n) is 2.94. The van der Waals surface area contributed by atoms with Gasteiger partial charge < -0.3 is 5.73 Å². The van der Waals surface area contributed by atoms with Gasteiger partial charge in [0.25, 0.3) is 0 Å². The van der Waals surface area contributed by atoms with E-state index in [1.165, 1.54) is 6.07 Å². The van der Waals surface area contributed by atoms with Gasteiger partial charge >= 0.3 is 0 Å². The minimum atomic E-state index is -0.528. The highest BCUT2D eigenvalue weighted by Gasteiger charge is 2.16. The summed E-state index contributed by atoms with van der Waals surface area (Å²) in [5.74, 6) is 0.342. The molecule has 1 aromatic heterocycles. The number of anilines is 1. The van der Waals surface area contributed by atoms with Gasteiger partial charge in [-0.2, -0.15) is 0 Å². The molecule has 0 spiro atoms. The minimum Gasteiger partial charge on any atom is -0.383 e. The van der Waals surface area contributed by atoms with E-state index in [1.807, 2.05) is 20.8 Å². The molecule has 0 amide bonds. The molecule has 0 unspecified atom stereocenters. The Morgan fingerprint density at radius 2 is 1.95 bits per heavy atom. The zero-order chi connectivity index (χ0) is 14.2. The molecule has 1 aromatic carbocycles. The molecular weight excluding hydrogens is 265 g/mol. The van der Waals surface area contributed by atoms with Crippen LogP contribution in [0.3, 0.4) is 0 Å². The van der Waals surface area contributed by atoms with Gasteiger partial charge in [-0.05, 0) is 25.0 Å². The normalized spacial score (nSPS) is 11.1. The summed E-state index contributed by atoms with van der Waals surface area (Å²) in [6.45, 7) is 5.88. The lowest BCUT2D eigenvalue weighted by molar-refractivity contribution is 0.630. The second kappa shape index (κ2) is 5.13. The van der Waals surface area contributed by atoms with Crippen molar-refractivity contribution in [3.8, 4) is 11.4 Å². The van der Waals surface area contributed by atoms with Crippen molar-refractivity contribution in [2.24, 2.45) is 0 Å². The molecule has 0 bridgehead atoms. The molecule has 3 nitrogen and oxygen atoms in total. The molecule has 0 aliphatic carbocycles. The predicted octanol–water partition coefficient (Wildman–Crippen LogP) is 3.95. The van der Waals surface area contributed by atoms with Gasteiger partial charge in [-0.25, -0.2) is 14.4 Å². The summed E-state index contributed by atoms with van der Waals surface area (Å²) in [4.78, 5) is 8.53. The summed E-state index contributed by atoms with van der Waals surface area (Å²) >= 11 is 5.76. The molecule has 0 atom stereocenters. The third kappa shape index (κ3) is 2.54. The largest absolute Gasteiger partial charge is 0.383 e. The predicted molar refractivity (Wildman–Crippen MR) is 75.7 cm³/mol. The molecule has 0 saturated heterocycles. The molecule has 2 aromatic rings. The third-order valence-corrected chi connectivity index (χ3v) is 3.23. The topological polar surface area (TPSA) is 51.8 Å². The van der Waals surface area contributed by atoms with E-state index in [-0.39, 0.29) is 22.3 Å². The van der Waals surface area contributed by atoms with Crippen LogP contribution in [0.2, 0.25) is 5.02 Å². The van der Waals surface area contributed by atoms with Crippen molar-refractivity contribution in [3.05, 3.63) is 40.3 Å². The number of halogens is 2. The first-order valence-corrected chi connectivity index (χ1v) is 6.38. The number of nitrogens with zero attached hydrogens (tertiary/aromatic N) is 2. The van der Waals surface area contributed by atoms with E-state index >= 15 is 0 Å². The molecule has 100 valence electrons. The fourth-order valence-corrected chi connectivity index (χ4v) is 2.29. The number of aromatic nitrogens is 2. The van der Waals surface area contributed by atoms with Crippen molar-refractivity contribution in [2.45, 2.75) is 26.7 Å². The van der Waals surface area contributed by atoms with Crippen molar-refractivity contribution in [1.82, 2.24) is 9.97 Å². The highest BCUT2D eigenvalue weighted by Crippen LogP contribution is 2.29. The van der Waals surface area contributed by atoms with E-state index in [4.69, 9.17) is 17.3 Å². The van der Waals surface area contributed by atoms with Gasteiger partial charge in [-0.1, -0.05) is 31.5 Å². The first-order chi connectivity index (χ1) is 8.91. The lowest BCUT2D eigenvalue weighted by atomic mass is 10.0. The van der Waals surface area contributed by atoms with Crippen LogP contribution in [0.25, 0.3) is 11.4 Å². The molecule has 2 N–H and O–H groups in total. The standard InChI is InChI=1S/C14H15ClFN3/c1-7(2)11-8(3)18-14(19-13(11)17)9-5-4-6-10(15)12(9)16/h4-7H,1-3H3,(H2,17,18,19). The number of nitrogens with two attached hydrogens (primary N) is 1. The van der Waals surface area contributed by atoms with Crippen molar-refractivity contribution in [3.63, 3.8) is 0 Å². The molecule has 0 radical (unpaired) electrons. The molecule has 5 heteroatoms. The Morgan fingerprint density at radius 1 is 1.26 bits per heavy atom. The molecule has 0 fully saturated rings. The summed E-state index contributed by atoms with van der Waals surface area (Å²) < 4.78 is 14.0. The lowest BCUT2D eigenvalue weighted by Gasteiger charge is -2.13. The van der Waals surface area contributed by atoms with Crippen molar-refractivity contribution < 1.29 is 4.39 Å². The Balaban J connectivity index is 2.62. The van der Waals surface area contributed by atoms with E-state index in [2.05, 4.69) is 9.97 Å². The number of hydrogen-bond donors (Lipinski definition) is 1. The Bertz CT molecular complexity index is 603. The smallest absolute Gasteiger partial charge is 0.164 e. The molecule has 2 rings (SSSR count). The highest BCUT2D eigenvalue weighted by molar-refractivity contribution is 6.31. The maximum Gasteiger partial charge on any atom is 0.164 e.